The molecule has 0 unspecified atom stereocenters. The van der Waals surface area contributed by atoms with E-state index in [2.05, 4.69) is 25.7 Å². The van der Waals surface area contributed by atoms with Crippen LogP contribution in [0.25, 0.3) is 0 Å². The van der Waals surface area contributed by atoms with E-state index in [1.54, 1.807) is 0 Å². The van der Waals surface area contributed by atoms with Crippen LogP contribution >= 0.6 is 0 Å². The number of ether oxygens (including phenoxy) is 1. The Balaban J connectivity index is 2.29. The number of hydrogen-bond acceptors (Lipinski definition) is 3. The van der Waals surface area contributed by atoms with E-state index >= 15 is 0 Å². The lowest BCUT2D eigenvalue weighted by Gasteiger charge is -2.30. The number of rotatable bonds is 7. The lowest BCUT2D eigenvalue weighted by atomic mass is 10.2. The second-order valence-electron chi connectivity index (χ2n) is 6.08. The highest BCUT2D eigenvalue weighted by Crippen LogP contribution is 2.23. The van der Waals surface area contributed by atoms with Gasteiger partial charge >= 0.3 is 0 Å². The summed E-state index contributed by atoms with van der Waals surface area (Å²) in [6.45, 7) is 10.2. The quantitative estimate of drug-likeness (QED) is 0.745. The van der Waals surface area contributed by atoms with Crippen molar-refractivity contribution in [3.05, 3.63) is 0 Å². The fraction of sp³-hybridized carbons (Fsp3) is 1.00. The molecule has 1 rings (SSSR count). The van der Waals surface area contributed by atoms with Crippen molar-refractivity contribution in [1.29, 1.82) is 0 Å². The lowest BCUT2D eigenvalue weighted by molar-refractivity contribution is -0.0175. The van der Waals surface area contributed by atoms with Gasteiger partial charge in [-0.15, -0.1) is 0 Å². The Morgan fingerprint density at radius 1 is 1.18 bits per heavy atom. The van der Waals surface area contributed by atoms with Crippen molar-refractivity contribution in [1.82, 2.24) is 4.90 Å². The third-order valence-electron chi connectivity index (χ3n) is 3.40. The topological polar surface area (TPSA) is 38.5 Å². The molecule has 0 aromatic carbocycles. The predicted molar refractivity (Wildman–Crippen MR) is 73.2 cm³/mol. The van der Waals surface area contributed by atoms with Gasteiger partial charge in [0.15, 0.2) is 0 Å². The summed E-state index contributed by atoms with van der Waals surface area (Å²) in [5, 5.41) is 0. The molecule has 1 saturated carbocycles. The van der Waals surface area contributed by atoms with Crippen molar-refractivity contribution in [2.75, 3.05) is 26.2 Å². The molecule has 0 heterocycles. The first-order valence-corrected chi connectivity index (χ1v) is 7.11. The van der Waals surface area contributed by atoms with Crippen molar-refractivity contribution in [3.8, 4) is 0 Å². The summed E-state index contributed by atoms with van der Waals surface area (Å²) in [5.74, 6) is 0. The van der Waals surface area contributed by atoms with Crippen LogP contribution in [0.15, 0.2) is 0 Å². The maximum atomic E-state index is 5.83. The minimum Gasteiger partial charge on any atom is -0.375 e. The van der Waals surface area contributed by atoms with E-state index in [-0.39, 0.29) is 5.60 Å². The largest absolute Gasteiger partial charge is 0.375 e. The van der Waals surface area contributed by atoms with Gasteiger partial charge in [-0.25, -0.2) is 0 Å². The summed E-state index contributed by atoms with van der Waals surface area (Å²) in [4.78, 5) is 2.59. The van der Waals surface area contributed by atoms with Crippen LogP contribution in [0.3, 0.4) is 0 Å². The molecule has 1 aliphatic rings. The molecule has 0 aliphatic heterocycles. The molecule has 0 saturated heterocycles. The summed E-state index contributed by atoms with van der Waals surface area (Å²) >= 11 is 0. The van der Waals surface area contributed by atoms with Gasteiger partial charge in [-0.05, 0) is 53.1 Å². The minimum atomic E-state index is -0.0186. The fourth-order valence-electron chi connectivity index (χ4n) is 2.51. The van der Waals surface area contributed by atoms with Crippen LogP contribution in [0.1, 0.15) is 52.9 Å². The van der Waals surface area contributed by atoms with E-state index in [1.807, 2.05) is 0 Å². The maximum Gasteiger partial charge on any atom is 0.0600 e. The maximum absolute atomic E-state index is 5.83. The summed E-state index contributed by atoms with van der Waals surface area (Å²) in [6, 6.07) is 0.783. The van der Waals surface area contributed by atoms with Gasteiger partial charge in [-0.2, -0.15) is 0 Å². The number of nitrogens with zero attached hydrogens (tertiary/aromatic N) is 1. The van der Waals surface area contributed by atoms with Gasteiger partial charge < -0.3 is 10.5 Å². The zero-order chi connectivity index (χ0) is 12.7. The van der Waals surface area contributed by atoms with E-state index in [0.717, 1.165) is 38.7 Å². The van der Waals surface area contributed by atoms with E-state index < -0.39 is 0 Å². The first-order valence-electron chi connectivity index (χ1n) is 7.11. The summed E-state index contributed by atoms with van der Waals surface area (Å²) in [5.41, 5.74) is 5.60. The molecule has 17 heavy (non-hydrogen) atoms. The molecule has 3 nitrogen and oxygen atoms in total. The SMILES string of the molecule is CC(C)(C)OCCN(CCCN)C1CCCC1. The Morgan fingerprint density at radius 3 is 2.35 bits per heavy atom. The molecule has 0 bridgehead atoms. The Bertz CT molecular complexity index is 195. The Morgan fingerprint density at radius 2 is 1.82 bits per heavy atom. The molecule has 3 heteroatoms. The smallest absolute Gasteiger partial charge is 0.0600 e. The van der Waals surface area contributed by atoms with Gasteiger partial charge in [-0.1, -0.05) is 12.8 Å². The number of hydrogen-bond donors (Lipinski definition) is 1. The van der Waals surface area contributed by atoms with Gasteiger partial charge in [0.2, 0.25) is 0 Å². The van der Waals surface area contributed by atoms with Crippen LogP contribution in [-0.2, 0) is 4.74 Å². The molecule has 0 radical (unpaired) electrons. The molecule has 0 spiro atoms. The van der Waals surface area contributed by atoms with E-state index in [0.29, 0.717) is 0 Å². The fourth-order valence-corrected chi connectivity index (χ4v) is 2.51. The summed E-state index contributed by atoms with van der Waals surface area (Å²) < 4.78 is 5.83. The Kier molecular flexibility index (Phi) is 6.45. The Hall–Kier alpha value is -0.120. The highest BCUT2D eigenvalue weighted by Gasteiger charge is 2.22. The van der Waals surface area contributed by atoms with Crippen molar-refractivity contribution in [2.24, 2.45) is 5.73 Å². The molecule has 102 valence electrons. The molecule has 0 amide bonds. The van der Waals surface area contributed by atoms with E-state index in [4.69, 9.17) is 10.5 Å². The standard InChI is InChI=1S/C14H30N2O/c1-14(2,3)17-12-11-16(10-6-9-15)13-7-4-5-8-13/h13H,4-12,15H2,1-3H3. The van der Waals surface area contributed by atoms with Crippen LogP contribution in [-0.4, -0.2) is 42.8 Å². The number of nitrogens with two attached hydrogens (primary N) is 1. The van der Waals surface area contributed by atoms with Gasteiger partial charge in [0.25, 0.3) is 0 Å². The molecular formula is C14H30N2O. The second-order valence-corrected chi connectivity index (χ2v) is 6.08. The molecule has 0 aromatic heterocycles. The third kappa shape index (κ3) is 6.39. The van der Waals surface area contributed by atoms with Crippen LogP contribution in [0, 0.1) is 0 Å². The van der Waals surface area contributed by atoms with Gasteiger partial charge in [0.05, 0.1) is 12.2 Å². The molecule has 1 fully saturated rings. The lowest BCUT2D eigenvalue weighted by Crippen LogP contribution is -2.38. The minimum absolute atomic E-state index is 0.0186. The Labute approximate surface area is 107 Å². The average Bonchev–Trinajstić information content (AvgIpc) is 2.74. The highest BCUT2D eigenvalue weighted by molar-refractivity contribution is 4.77. The van der Waals surface area contributed by atoms with Crippen molar-refractivity contribution >= 4 is 0 Å². The third-order valence-corrected chi connectivity index (χ3v) is 3.40. The molecular weight excluding hydrogens is 212 g/mol. The highest BCUT2D eigenvalue weighted by atomic mass is 16.5. The van der Waals surface area contributed by atoms with Gasteiger partial charge in [-0.3, -0.25) is 4.90 Å². The van der Waals surface area contributed by atoms with Crippen LogP contribution in [0.5, 0.6) is 0 Å². The van der Waals surface area contributed by atoms with E-state index in [9.17, 15) is 0 Å². The zero-order valence-corrected chi connectivity index (χ0v) is 11.9. The second kappa shape index (κ2) is 7.34. The van der Waals surface area contributed by atoms with Gasteiger partial charge in [0.1, 0.15) is 0 Å². The van der Waals surface area contributed by atoms with E-state index in [1.165, 1.54) is 25.7 Å². The predicted octanol–water partition coefficient (Wildman–Crippen LogP) is 2.39. The van der Waals surface area contributed by atoms with Crippen LogP contribution in [0.2, 0.25) is 0 Å². The normalized spacial score (nSPS) is 18.2. The average molecular weight is 242 g/mol. The zero-order valence-electron chi connectivity index (χ0n) is 11.9. The van der Waals surface area contributed by atoms with Crippen molar-refractivity contribution in [2.45, 2.75) is 64.5 Å². The summed E-state index contributed by atoms with van der Waals surface area (Å²) in [6.07, 6.45) is 6.61. The first-order chi connectivity index (χ1) is 8.03. The molecule has 0 aromatic rings. The summed E-state index contributed by atoms with van der Waals surface area (Å²) in [7, 11) is 0. The molecule has 1 aliphatic carbocycles. The van der Waals surface area contributed by atoms with Crippen LogP contribution in [0.4, 0.5) is 0 Å². The van der Waals surface area contributed by atoms with Gasteiger partial charge in [0, 0.05) is 12.6 Å². The molecule has 2 N–H and O–H groups in total. The van der Waals surface area contributed by atoms with Crippen LogP contribution < -0.4 is 5.73 Å². The van der Waals surface area contributed by atoms with Crippen molar-refractivity contribution in [3.63, 3.8) is 0 Å². The monoisotopic (exact) mass is 242 g/mol. The molecule has 0 atom stereocenters. The van der Waals surface area contributed by atoms with Crippen molar-refractivity contribution < 1.29 is 4.74 Å². The first kappa shape index (κ1) is 14.9.